The van der Waals surface area contributed by atoms with Crippen molar-refractivity contribution in [2.75, 3.05) is 33.0 Å². The molecule has 3 aliphatic rings. The smallest absolute Gasteiger partial charge is 0.335 e. The number of carboxylic acid groups (broad SMARTS) is 6. The number of aromatic nitrogens is 12. The Labute approximate surface area is 802 Å². The van der Waals surface area contributed by atoms with Gasteiger partial charge in [0, 0.05) is 100 Å². The number of aryl methyl sites for hydroxylation is 1. The van der Waals surface area contributed by atoms with Crippen molar-refractivity contribution in [1.29, 1.82) is 0 Å². The van der Waals surface area contributed by atoms with Crippen molar-refractivity contribution in [3.63, 3.8) is 0 Å². The number of hydrogen-bond donors (Lipinski definition) is 6. The predicted molar refractivity (Wildman–Crippen MR) is 525 cm³/mol. The van der Waals surface area contributed by atoms with Gasteiger partial charge in [-0.25, -0.2) is 56.9 Å². The highest BCUT2D eigenvalue weighted by Gasteiger charge is 2.21. The number of benzene rings is 12. The second kappa shape index (κ2) is 42.9. The first-order chi connectivity index (χ1) is 67.2. The van der Waals surface area contributed by atoms with Crippen LogP contribution in [0.5, 0.6) is 28.7 Å². The Morgan fingerprint density at radius 3 is 0.842 bits per heavy atom. The lowest BCUT2D eigenvalue weighted by molar-refractivity contribution is 0.0686. The summed E-state index contributed by atoms with van der Waals surface area (Å²) in [5.74, 6) is -0.805. The number of carboxylic acids is 6. The molecule has 3 aliphatic heterocycles. The second-order valence-corrected chi connectivity index (χ2v) is 33.2. The van der Waals surface area contributed by atoms with Gasteiger partial charge < -0.3 is 54.3 Å². The van der Waals surface area contributed by atoms with Gasteiger partial charge in [-0.15, -0.1) is 0 Å². The summed E-state index contributed by atoms with van der Waals surface area (Å²) in [7, 11) is 0. The third-order valence-corrected chi connectivity index (χ3v) is 23.2. The molecule has 0 aliphatic carbocycles. The molecule has 0 unspecified atom stereocenters. The van der Waals surface area contributed by atoms with E-state index in [1.54, 1.807) is 188 Å². The van der Waals surface area contributed by atoms with E-state index in [2.05, 4.69) is 101 Å². The number of fused-ring (bicyclic) bond motifs is 3. The van der Waals surface area contributed by atoms with Gasteiger partial charge in [0.05, 0.1) is 111 Å². The molecule has 0 fully saturated rings. The number of ether oxygens (including phenoxy) is 5. The summed E-state index contributed by atoms with van der Waals surface area (Å²) in [6.45, 7) is 13.5. The van der Waals surface area contributed by atoms with Gasteiger partial charge in [0.2, 0.25) is 0 Å². The van der Waals surface area contributed by atoms with Gasteiger partial charge >= 0.3 is 35.8 Å². The van der Waals surface area contributed by atoms with Gasteiger partial charge in [-0.05, 0) is 214 Å². The molecule has 6 aromatic heterocycles. The van der Waals surface area contributed by atoms with Crippen LogP contribution in [0.4, 0.5) is 0 Å². The Morgan fingerprint density at radius 1 is 0.266 bits per heavy atom. The summed E-state index contributed by atoms with van der Waals surface area (Å²) < 4.78 is 38.4. The summed E-state index contributed by atoms with van der Waals surface area (Å²) >= 11 is 6.14. The molecule has 139 heavy (non-hydrogen) atoms. The second-order valence-electron chi connectivity index (χ2n) is 32.8. The Kier molecular flexibility index (Phi) is 29.1. The summed E-state index contributed by atoms with van der Waals surface area (Å²) in [4.78, 5) is 65.9. The van der Waals surface area contributed by atoms with Crippen molar-refractivity contribution in [3.8, 4) is 130 Å². The maximum Gasteiger partial charge on any atom is 0.335 e. The molecule has 0 radical (unpaired) electrons. The lowest BCUT2D eigenvalue weighted by atomic mass is 10.0. The summed E-state index contributed by atoms with van der Waals surface area (Å²) in [6, 6.07) is 80.4. The zero-order valence-electron chi connectivity index (χ0n) is 75.6. The van der Waals surface area contributed by atoms with Crippen molar-refractivity contribution in [2.24, 2.45) is 0 Å². The zero-order chi connectivity index (χ0) is 97.3. The highest BCUT2D eigenvalue weighted by molar-refractivity contribution is 6.31. The number of carbonyl (C=O) groups is 6. The third-order valence-electron chi connectivity index (χ3n) is 22.8. The van der Waals surface area contributed by atoms with Crippen molar-refractivity contribution in [2.45, 2.75) is 52.9 Å². The maximum atomic E-state index is 11.1. The molecule has 18 aromatic rings. The molecular weight excluding hydrogens is 1780 g/mol. The molecule has 0 spiro atoms. The van der Waals surface area contributed by atoms with Crippen LogP contribution < -0.4 is 23.7 Å². The number of halogens is 1. The number of rotatable bonds is 20. The largest absolute Gasteiger partial charge is 0.493 e. The van der Waals surface area contributed by atoms with Crippen LogP contribution in [-0.2, 0) is 6.42 Å². The molecule has 696 valence electrons. The molecule has 0 saturated heterocycles. The van der Waals surface area contributed by atoms with E-state index in [-0.39, 0.29) is 33.4 Å². The molecule has 0 atom stereocenters. The Hall–Kier alpha value is -18.0. The molecule has 29 nitrogen and oxygen atoms in total. The highest BCUT2D eigenvalue weighted by Crippen LogP contribution is 2.37. The van der Waals surface area contributed by atoms with Crippen molar-refractivity contribution in [1.82, 2.24) is 58.7 Å². The van der Waals surface area contributed by atoms with E-state index in [9.17, 15) is 28.8 Å². The van der Waals surface area contributed by atoms with Gasteiger partial charge in [0.25, 0.3) is 0 Å². The fourth-order valence-electron chi connectivity index (χ4n) is 15.0. The summed E-state index contributed by atoms with van der Waals surface area (Å²) in [6.07, 6.45) is 22.8. The molecule has 0 bridgehead atoms. The van der Waals surface area contributed by atoms with E-state index in [0.717, 1.165) is 137 Å². The first-order valence-corrected chi connectivity index (χ1v) is 44.5. The highest BCUT2D eigenvalue weighted by atomic mass is 35.5. The zero-order valence-corrected chi connectivity index (χ0v) is 76.4. The number of aromatic carboxylic acids is 6. The standard InChI is InChI=1S/2C19H18N2O2.2C18H14N2O4.C18H14N2O3.C17H13ClN2O2/c1-13(2)14-7-9-18(10-8-14)21-12-17(11-20-21)15-3-5-16(6-4-15)19(22)23;1-13(2)14-6-8-18(9-7-14)21-12-17(11-20-21)15-4-3-5-16(10-15)19(22)23;21-18(22)13-3-1-12(2-4-13)14-10-19-20(11-14)15-5-6-16-17(9-15)24-8-7-23-16;21-18(22)13-3-1-2-12(8-13)14-10-19-20(11-14)15-4-5-16-17(9-15)24-7-6-23-16;21-18(22)14-3-1-12(2-4-14)15-10-19-20(11-15)16-6-5-13-7-8-23-17(13)9-16;1-11-5-6-15(8-16(11)18)20-10-14(9-19-20)12-3-2-4-13(7-12)17(21)22/h2*3-13H,1-2H3,(H,22,23);1-6,9-11H,7-8H2,(H,21,22);1-5,8-11H,6-7H2,(H,21,22);1-6,9-11H,7-8H2,(H,21,22);2-10H,1H3,(H,21,22). The van der Waals surface area contributed by atoms with E-state index in [1.807, 2.05) is 146 Å². The van der Waals surface area contributed by atoms with Gasteiger partial charge in [0.1, 0.15) is 32.2 Å². The molecule has 9 heterocycles. The monoisotopic (exact) mass is 1870 g/mol. The van der Waals surface area contributed by atoms with E-state index in [0.29, 0.717) is 54.8 Å². The van der Waals surface area contributed by atoms with Crippen LogP contribution in [0.1, 0.15) is 124 Å². The van der Waals surface area contributed by atoms with Crippen LogP contribution in [0.3, 0.4) is 0 Å². The summed E-state index contributed by atoms with van der Waals surface area (Å²) in [5.41, 5.74) is 22.5. The molecular formula is C109H91ClN12O17. The average Bonchev–Trinajstić information content (AvgIpc) is 1.70. The van der Waals surface area contributed by atoms with Crippen molar-refractivity contribution >= 4 is 47.4 Å². The first kappa shape index (κ1) is 94.2. The van der Waals surface area contributed by atoms with Crippen LogP contribution in [0.15, 0.2) is 341 Å². The first-order valence-electron chi connectivity index (χ1n) is 44.1. The average molecular weight is 1880 g/mol. The number of nitrogens with zero attached hydrogens (tertiary/aromatic N) is 12. The quantitative estimate of drug-likeness (QED) is 0.0413. The van der Waals surface area contributed by atoms with E-state index in [4.69, 9.17) is 65.9 Å². The van der Waals surface area contributed by atoms with Gasteiger partial charge in [-0.3, -0.25) is 0 Å². The minimum atomic E-state index is -0.948. The van der Waals surface area contributed by atoms with Gasteiger partial charge in [-0.2, -0.15) is 30.6 Å². The maximum absolute atomic E-state index is 11.1. The van der Waals surface area contributed by atoms with Crippen molar-refractivity contribution in [3.05, 3.63) is 402 Å². The molecule has 30 heteroatoms. The number of hydrogen-bond acceptors (Lipinski definition) is 17. The van der Waals surface area contributed by atoms with Crippen LogP contribution in [0, 0.1) is 6.92 Å². The Morgan fingerprint density at radius 2 is 0.532 bits per heavy atom. The topological polar surface area (TPSA) is 377 Å². The fraction of sp³-hybridized carbons (Fsp3) is 0.119. The molecule has 0 saturated carbocycles. The molecule has 12 aromatic carbocycles. The van der Waals surface area contributed by atoms with Gasteiger partial charge in [-0.1, -0.05) is 148 Å². The van der Waals surface area contributed by atoms with E-state index < -0.39 is 35.8 Å². The fourth-order valence-corrected chi connectivity index (χ4v) is 15.2. The molecule has 6 N–H and O–H groups in total. The van der Waals surface area contributed by atoms with E-state index in [1.165, 1.54) is 16.7 Å². The Bertz CT molecular complexity index is 7480. The predicted octanol–water partition coefficient (Wildman–Crippen LogP) is 22.1. The molecule has 21 rings (SSSR count). The summed E-state index contributed by atoms with van der Waals surface area (Å²) in [5, 5.41) is 81.0. The van der Waals surface area contributed by atoms with Crippen LogP contribution in [0.25, 0.3) is 101 Å². The minimum Gasteiger partial charge on any atom is -0.493 e. The lowest BCUT2D eigenvalue weighted by Crippen LogP contribution is -2.15. The van der Waals surface area contributed by atoms with Crippen LogP contribution in [-0.4, -0.2) is 158 Å². The normalized spacial score (nSPS) is 11.8. The van der Waals surface area contributed by atoms with Crippen LogP contribution >= 0.6 is 11.6 Å². The molecule has 0 amide bonds. The van der Waals surface area contributed by atoms with Gasteiger partial charge in [0.15, 0.2) is 23.0 Å². The van der Waals surface area contributed by atoms with Crippen LogP contribution in [0.2, 0.25) is 5.02 Å². The Balaban J connectivity index is 0.000000120. The third kappa shape index (κ3) is 23.3. The van der Waals surface area contributed by atoms with Crippen molar-refractivity contribution < 1.29 is 83.1 Å². The van der Waals surface area contributed by atoms with E-state index >= 15 is 0 Å². The lowest BCUT2D eigenvalue weighted by Gasteiger charge is -2.18. The SMILES string of the molecule is CC(C)c1ccc(-n2cc(-c3ccc(C(=O)O)cc3)cn2)cc1.CC(C)c1ccc(-n2cc(-c3cccc(C(=O)O)c3)cn2)cc1.Cc1ccc(-n2cc(-c3cccc(C(=O)O)c3)cn2)cc1Cl.O=C(O)c1ccc(-c2cnn(-c3ccc4c(c3)OCC4)c2)cc1.O=C(O)c1ccc(-c2cnn(-c3ccc4c(c3)OCCO4)c2)cc1.O=C(O)c1cccc(-c2cnn(-c3ccc4c(c3)OCCO4)c2)c1. The minimum absolute atomic E-state index is 0.250.